The van der Waals surface area contributed by atoms with Gasteiger partial charge in [-0.25, -0.2) is 0 Å². The van der Waals surface area contributed by atoms with E-state index in [0.29, 0.717) is 0 Å². The first-order chi connectivity index (χ1) is 10.8. The van der Waals surface area contributed by atoms with Gasteiger partial charge in [0, 0.05) is 12.5 Å². The first-order valence-corrected chi connectivity index (χ1v) is 8.09. The van der Waals surface area contributed by atoms with Crippen molar-refractivity contribution in [2.45, 2.75) is 38.5 Å². The minimum Gasteiger partial charge on any atom is -0.497 e. The summed E-state index contributed by atoms with van der Waals surface area (Å²) in [6.45, 7) is 2.39. The van der Waals surface area contributed by atoms with Gasteiger partial charge in [0.25, 0.3) is 0 Å². The minimum atomic E-state index is 0.235. The summed E-state index contributed by atoms with van der Waals surface area (Å²) in [6.07, 6.45) is 4.21. The van der Waals surface area contributed by atoms with Crippen LogP contribution in [-0.2, 0) is 12.8 Å². The lowest BCUT2D eigenvalue weighted by Crippen LogP contribution is -2.03. The molecular weight excluding hydrogens is 272 g/mol. The molecule has 2 nitrogen and oxygen atoms in total. The maximum Gasteiger partial charge on any atom is 0.118 e. The van der Waals surface area contributed by atoms with Gasteiger partial charge in [0.2, 0.25) is 0 Å². The Morgan fingerprint density at radius 3 is 1.91 bits per heavy atom. The highest BCUT2D eigenvalue weighted by molar-refractivity contribution is 5.29. The Bertz CT molecular complexity index is 543. The van der Waals surface area contributed by atoms with Crippen molar-refractivity contribution in [3.63, 3.8) is 0 Å². The molecule has 22 heavy (non-hydrogen) atoms. The van der Waals surface area contributed by atoms with Gasteiger partial charge in [0.05, 0.1) is 7.11 Å². The van der Waals surface area contributed by atoms with Crippen LogP contribution in [0.5, 0.6) is 5.75 Å². The van der Waals surface area contributed by atoms with Crippen LogP contribution in [0, 0.1) is 0 Å². The van der Waals surface area contributed by atoms with Crippen LogP contribution in [-0.4, -0.2) is 18.8 Å². The van der Waals surface area contributed by atoms with Gasteiger partial charge in [-0.05, 0) is 48.1 Å². The van der Waals surface area contributed by atoms with E-state index in [2.05, 4.69) is 43.3 Å². The third kappa shape index (κ3) is 4.60. The summed E-state index contributed by atoms with van der Waals surface area (Å²) in [5.74, 6) is 1.18. The zero-order valence-corrected chi connectivity index (χ0v) is 13.6. The summed E-state index contributed by atoms with van der Waals surface area (Å²) in [6, 6.07) is 17.0. The summed E-state index contributed by atoms with van der Waals surface area (Å²) in [4.78, 5) is 0. The predicted molar refractivity (Wildman–Crippen MR) is 91.6 cm³/mol. The normalized spacial score (nSPS) is 12.1. The molecule has 0 spiro atoms. The average molecular weight is 298 g/mol. The Morgan fingerprint density at radius 2 is 1.45 bits per heavy atom. The molecule has 1 unspecified atom stereocenters. The number of aliphatic hydroxyl groups excluding tert-OH is 1. The van der Waals surface area contributed by atoms with E-state index in [4.69, 9.17) is 4.74 Å². The van der Waals surface area contributed by atoms with Crippen LogP contribution < -0.4 is 4.74 Å². The molecule has 0 heterocycles. The maximum atomic E-state index is 9.46. The smallest absolute Gasteiger partial charge is 0.118 e. The lowest BCUT2D eigenvalue weighted by molar-refractivity contribution is 0.258. The van der Waals surface area contributed by atoms with Gasteiger partial charge >= 0.3 is 0 Å². The lowest BCUT2D eigenvalue weighted by Gasteiger charge is -2.14. The lowest BCUT2D eigenvalue weighted by atomic mass is 9.93. The van der Waals surface area contributed by atoms with Crippen LogP contribution in [0.1, 0.15) is 42.4 Å². The molecule has 2 aromatic rings. The maximum absolute atomic E-state index is 9.46. The fourth-order valence-corrected chi connectivity index (χ4v) is 2.75. The Balaban J connectivity index is 1.92. The Hall–Kier alpha value is -1.80. The van der Waals surface area contributed by atoms with Gasteiger partial charge in [0.1, 0.15) is 5.75 Å². The monoisotopic (exact) mass is 298 g/mol. The molecule has 2 heteroatoms. The third-order valence-corrected chi connectivity index (χ3v) is 4.17. The number of aliphatic hydroxyl groups is 1. The second-order valence-corrected chi connectivity index (χ2v) is 5.76. The predicted octanol–water partition coefficient (Wildman–Crippen LogP) is 4.36. The molecule has 0 aliphatic rings. The van der Waals surface area contributed by atoms with E-state index in [-0.39, 0.29) is 12.5 Å². The number of benzene rings is 2. The number of hydrogen-bond acceptors (Lipinski definition) is 2. The Labute approximate surface area is 133 Å². The topological polar surface area (TPSA) is 29.5 Å². The molecule has 0 radical (unpaired) electrons. The van der Waals surface area contributed by atoms with Crippen molar-refractivity contribution < 1.29 is 9.84 Å². The van der Waals surface area contributed by atoms with Gasteiger partial charge in [0.15, 0.2) is 0 Å². The van der Waals surface area contributed by atoms with E-state index in [1.807, 2.05) is 12.1 Å². The molecule has 2 aromatic carbocycles. The zero-order chi connectivity index (χ0) is 15.8. The van der Waals surface area contributed by atoms with Crippen LogP contribution in [0.2, 0.25) is 0 Å². The molecule has 0 aliphatic heterocycles. The summed E-state index contributed by atoms with van der Waals surface area (Å²) < 4.78 is 5.18. The van der Waals surface area contributed by atoms with Crippen molar-refractivity contribution in [2.75, 3.05) is 13.7 Å². The fraction of sp³-hybridized carbons (Fsp3) is 0.400. The van der Waals surface area contributed by atoms with E-state index in [0.717, 1.165) is 31.4 Å². The second-order valence-electron chi connectivity index (χ2n) is 5.76. The Morgan fingerprint density at radius 1 is 0.909 bits per heavy atom. The molecule has 0 aromatic heterocycles. The van der Waals surface area contributed by atoms with Crippen molar-refractivity contribution in [3.05, 3.63) is 65.2 Å². The van der Waals surface area contributed by atoms with Crippen molar-refractivity contribution in [3.8, 4) is 5.75 Å². The highest BCUT2D eigenvalue weighted by atomic mass is 16.5. The van der Waals surface area contributed by atoms with Crippen LogP contribution in [0.4, 0.5) is 0 Å². The highest BCUT2D eigenvalue weighted by Crippen LogP contribution is 2.21. The number of aryl methyl sites for hydroxylation is 2. The van der Waals surface area contributed by atoms with E-state index in [1.165, 1.54) is 16.7 Å². The van der Waals surface area contributed by atoms with Crippen LogP contribution in [0.25, 0.3) is 0 Å². The van der Waals surface area contributed by atoms with E-state index < -0.39 is 0 Å². The zero-order valence-electron chi connectivity index (χ0n) is 13.6. The summed E-state index contributed by atoms with van der Waals surface area (Å²) in [7, 11) is 1.69. The van der Waals surface area contributed by atoms with Crippen LogP contribution in [0.3, 0.4) is 0 Å². The molecule has 0 saturated heterocycles. The molecule has 0 bridgehead atoms. The van der Waals surface area contributed by atoms with E-state index in [1.54, 1.807) is 7.11 Å². The molecule has 1 N–H and O–H groups in total. The molecule has 0 fully saturated rings. The largest absolute Gasteiger partial charge is 0.497 e. The van der Waals surface area contributed by atoms with Crippen molar-refractivity contribution in [2.24, 2.45) is 0 Å². The van der Waals surface area contributed by atoms with Gasteiger partial charge in [-0.15, -0.1) is 0 Å². The number of hydrogen-bond donors (Lipinski definition) is 1. The van der Waals surface area contributed by atoms with Crippen molar-refractivity contribution >= 4 is 0 Å². The summed E-state index contributed by atoms with van der Waals surface area (Å²) in [5, 5.41) is 9.46. The van der Waals surface area contributed by atoms with Crippen molar-refractivity contribution in [1.82, 2.24) is 0 Å². The summed E-state index contributed by atoms with van der Waals surface area (Å²) >= 11 is 0. The van der Waals surface area contributed by atoms with Crippen molar-refractivity contribution in [1.29, 1.82) is 0 Å². The Kier molecular flexibility index (Phi) is 6.47. The molecule has 0 aliphatic carbocycles. The number of rotatable bonds is 8. The highest BCUT2D eigenvalue weighted by Gasteiger charge is 2.08. The molecule has 2 rings (SSSR count). The molecular formula is C20H26O2. The quantitative estimate of drug-likeness (QED) is 0.785. The van der Waals surface area contributed by atoms with Crippen LogP contribution >= 0.6 is 0 Å². The minimum absolute atomic E-state index is 0.235. The number of methoxy groups -OCH3 is 1. The third-order valence-electron chi connectivity index (χ3n) is 4.17. The molecule has 0 saturated carbocycles. The first kappa shape index (κ1) is 16.6. The van der Waals surface area contributed by atoms with E-state index >= 15 is 0 Å². The fourth-order valence-electron chi connectivity index (χ4n) is 2.75. The van der Waals surface area contributed by atoms with Crippen LogP contribution in [0.15, 0.2) is 48.5 Å². The molecule has 0 amide bonds. The van der Waals surface area contributed by atoms with Gasteiger partial charge < -0.3 is 9.84 Å². The standard InChI is InChI=1S/C20H26O2/c1-3-4-19(15-21)18-11-7-16(8-12-18)5-6-17-9-13-20(22-2)14-10-17/h7-14,19,21H,3-6,15H2,1-2H3. The molecule has 118 valence electrons. The first-order valence-electron chi connectivity index (χ1n) is 8.09. The van der Waals surface area contributed by atoms with Gasteiger partial charge in [-0.2, -0.15) is 0 Å². The van der Waals surface area contributed by atoms with Gasteiger partial charge in [-0.1, -0.05) is 49.7 Å². The molecule has 1 atom stereocenters. The summed E-state index contributed by atoms with van der Waals surface area (Å²) in [5.41, 5.74) is 3.91. The number of ether oxygens (including phenoxy) is 1. The average Bonchev–Trinajstić information content (AvgIpc) is 2.59. The van der Waals surface area contributed by atoms with Gasteiger partial charge in [-0.3, -0.25) is 0 Å². The second kappa shape index (κ2) is 8.60. The van der Waals surface area contributed by atoms with E-state index in [9.17, 15) is 5.11 Å². The SMILES string of the molecule is CCCC(CO)c1ccc(CCc2ccc(OC)cc2)cc1.